The molecule has 6 heteroatoms. The lowest BCUT2D eigenvalue weighted by Gasteiger charge is -2.30. The molecule has 2 unspecified atom stereocenters. The van der Waals surface area contributed by atoms with Gasteiger partial charge in [-0.1, -0.05) is 173 Å². The summed E-state index contributed by atoms with van der Waals surface area (Å²) in [4.78, 5) is 28.6. The molecule has 0 aromatic carbocycles. The number of carbonyl (C=O) groups is 2. The molecule has 334 valence electrons. The Bertz CT molecular complexity index is 942. The van der Waals surface area contributed by atoms with E-state index < -0.39 is 0 Å². The fraction of sp³-hybridized carbons (Fsp3) is 0.882. The molecular weight excluding hydrogens is 707 g/mol. The number of carbonyl (C=O) groups excluding carboxylic acids is 2. The first-order valence-corrected chi connectivity index (χ1v) is 25.0. The summed E-state index contributed by atoms with van der Waals surface area (Å²) in [5, 5.41) is 9.79. The Labute approximate surface area is 354 Å². The first kappa shape index (κ1) is 53.4. The number of unbranched alkanes of at least 4 members (excludes halogenated alkanes) is 17. The predicted molar refractivity (Wildman–Crippen MR) is 244 cm³/mol. The largest absolute Gasteiger partial charge is 0.465 e. The number of nitrogens with zero attached hydrogens (tertiary/aromatic N) is 1. The van der Waals surface area contributed by atoms with Crippen LogP contribution < -0.4 is 0 Å². The van der Waals surface area contributed by atoms with E-state index in [0.717, 1.165) is 77.3 Å². The molecule has 0 heterocycles. The lowest BCUT2D eigenvalue weighted by Crippen LogP contribution is -2.38. The topological polar surface area (TPSA) is 76.1 Å². The second-order valence-corrected chi connectivity index (χ2v) is 17.6. The van der Waals surface area contributed by atoms with Crippen molar-refractivity contribution >= 4 is 11.9 Å². The second kappa shape index (κ2) is 41.1. The number of rotatable bonds is 40. The highest BCUT2D eigenvalue weighted by molar-refractivity contribution is 5.70. The lowest BCUT2D eigenvalue weighted by molar-refractivity contribution is -0.150. The maximum atomic E-state index is 13.3. The lowest BCUT2D eigenvalue weighted by atomic mass is 9.91. The molecule has 1 saturated carbocycles. The van der Waals surface area contributed by atoms with E-state index in [1.807, 2.05) is 0 Å². The average Bonchev–Trinajstić information content (AvgIpc) is 3.51. The minimum absolute atomic E-state index is 0.0215. The second-order valence-electron chi connectivity index (χ2n) is 17.6. The number of allylic oxidation sites excluding steroid dienone is 4. The number of hydrogen-bond donors (Lipinski definition) is 1. The van der Waals surface area contributed by atoms with E-state index in [9.17, 15) is 14.7 Å². The zero-order valence-electron chi connectivity index (χ0n) is 38.1. The summed E-state index contributed by atoms with van der Waals surface area (Å²) in [6.45, 7) is 9.36. The van der Waals surface area contributed by atoms with E-state index in [2.05, 4.69) is 50.0 Å². The molecule has 0 aromatic heterocycles. The van der Waals surface area contributed by atoms with Gasteiger partial charge in [-0.3, -0.25) is 14.5 Å². The van der Waals surface area contributed by atoms with Gasteiger partial charge < -0.3 is 14.6 Å². The van der Waals surface area contributed by atoms with E-state index in [4.69, 9.17) is 9.47 Å². The number of hydrogen-bond acceptors (Lipinski definition) is 6. The van der Waals surface area contributed by atoms with Gasteiger partial charge in [0.05, 0.1) is 19.8 Å². The Kier molecular flexibility index (Phi) is 38.5. The van der Waals surface area contributed by atoms with E-state index in [1.165, 1.54) is 141 Å². The Hall–Kier alpha value is -1.66. The first-order chi connectivity index (χ1) is 28.0. The highest BCUT2D eigenvalue weighted by Crippen LogP contribution is 2.25. The molecule has 0 bridgehead atoms. The third kappa shape index (κ3) is 33.8. The molecule has 6 nitrogen and oxygen atoms in total. The molecule has 0 aromatic rings. The van der Waals surface area contributed by atoms with Crippen molar-refractivity contribution in [2.45, 2.75) is 245 Å². The van der Waals surface area contributed by atoms with Crippen LogP contribution in [0, 0.1) is 11.8 Å². The monoisotopic (exact) mass is 802 g/mol. The fourth-order valence-electron chi connectivity index (χ4n) is 8.48. The van der Waals surface area contributed by atoms with Crippen LogP contribution in [0.5, 0.6) is 0 Å². The van der Waals surface area contributed by atoms with Crippen molar-refractivity contribution in [3.8, 4) is 0 Å². The maximum Gasteiger partial charge on any atom is 0.306 e. The van der Waals surface area contributed by atoms with Crippen LogP contribution in [0.4, 0.5) is 0 Å². The molecule has 0 amide bonds. The van der Waals surface area contributed by atoms with Crippen molar-refractivity contribution in [3.05, 3.63) is 24.3 Å². The van der Waals surface area contributed by atoms with Gasteiger partial charge in [0.25, 0.3) is 0 Å². The van der Waals surface area contributed by atoms with Gasteiger partial charge in [0.1, 0.15) is 0 Å². The summed E-state index contributed by atoms with van der Waals surface area (Å²) >= 11 is 0. The summed E-state index contributed by atoms with van der Waals surface area (Å²) in [5.41, 5.74) is 0. The molecule has 1 aliphatic rings. The van der Waals surface area contributed by atoms with E-state index in [0.29, 0.717) is 38.0 Å². The summed E-state index contributed by atoms with van der Waals surface area (Å²) in [6, 6.07) is 0.581. The number of aliphatic hydroxyl groups is 1. The van der Waals surface area contributed by atoms with Gasteiger partial charge in [0.15, 0.2) is 0 Å². The molecule has 1 N–H and O–H groups in total. The van der Waals surface area contributed by atoms with Gasteiger partial charge in [-0.05, 0) is 89.5 Å². The van der Waals surface area contributed by atoms with E-state index in [1.54, 1.807) is 0 Å². The maximum absolute atomic E-state index is 13.3. The normalized spacial score (nSPS) is 15.1. The van der Waals surface area contributed by atoms with Crippen molar-refractivity contribution in [3.63, 3.8) is 0 Å². The molecule has 1 aliphatic carbocycles. The first-order valence-electron chi connectivity index (χ1n) is 25.0. The molecule has 0 spiro atoms. The highest BCUT2D eigenvalue weighted by atomic mass is 16.5. The average molecular weight is 802 g/mol. The Morgan fingerprint density at radius 2 is 1.05 bits per heavy atom. The summed E-state index contributed by atoms with van der Waals surface area (Å²) in [6.07, 6.45) is 48.5. The molecule has 2 atom stereocenters. The quantitative estimate of drug-likeness (QED) is 0.0288. The van der Waals surface area contributed by atoms with Gasteiger partial charge in [-0.15, -0.1) is 0 Å². The van der Waals surface area contributed by atoms with E-state index >= 15 is 0 Å². The summed E-state index contributed by atoms with van der Waals surface area (Å²) in [5.74, 6) is 0.228. The molecule has 0 saturated heterocycles. The molecule has 57 heavy (non-hydrogen) atoms. The molecule has 1 rings (SSSR count). The smallest absolute Gasteiger partial charge is 0.306 e. The molecule has 0 radical (unpaired) electrons. The van der Waals surface area contributed by atoms with Crippen LogP contribution in [0.15, 0.2) is 24.3 Å². The minimum Gasteiger partial charge on any atom is -0.465 e. The van der Waals surface area contributed by atoms with Gasteiger partial charge in [-0.2, -0.15) is 0 Å². The van der Waals surface area contributed by atoms with Gasteiger partial charge in [0, 0.05) is 31.3 Å². The molecule has 0 aliphatic heterocycles. The van der Waals surface area contributed by atoms with Crippen molar-refractivity contribution in [1.82, 2.24) is 4.90 Å². The number of ether oxygens (including phenoxy) is 2. The number of esters is 2. The Morgan fingerprint density at radius 1 is 0.561 bits per heavy atom. The van der Waals surface area contributed by atoms with Crippen molar-refractivity contribution in [2.24, 2.45) is 11.8 Å². The van der Waals surface area contributed by atoms with Crippen LogP contribution in [0.2, 0.25) is 0 Å². The van der Waals surface area contributed by atoms with Crippen LogP contribution in [0.3, 0.4) is 0 Å². The third-order valence-corrected chi connectivity index (χ3v) is 12.2. The minimum atomic E-state index is -0.120. The highest BCUT2D eigenvalue weighted by Gasteiger charge is 2.21. The van der Waals surface area contributed by atoms with Crippen LogP contribution in [0.25, 0.3) is 0 Å². The van der Waals surface area contributed by atoms with Gasteiger partial charge in [0.2, 0.25) is 0 Å². The van der Waals surface area contributed by atoms with Gasteiger partial charge >= 0.3 is 11.9 Å². The zero-order valence-corrected chi connectivity index (χ0v) is 38.1. The fourth-order valence-corrected chi connectivity index (χ4v) is 8.48. The van der Waals surface area contributed by atoms with Crippen molar-refractivity contribution in [1.29, 1.82) is 0 Å². The Balaban J connectivity index is 2.56. The summed E-state index contributed by atoms with van der Waals surface area (Å²) < 4.78 is 11.8. The zero-order chi connectivity index (χ0) is 41.3. The standard InChI is InChI=1S/C51H95NO5/c1-4-7-10-13-15-16-17-18-19-20-21-22-23-25-32-40-50(54)56-45-48(37-33-34-41-52(42-43-53)49-38-30-26-27-31-39-49)46-57-51(55)44-47(35-28-12-9-6-3)36-29-24-14-11-8-5-2/h15-16,18-19,47-49,53H,4-14,17,20-46H2,1-3H3/b16-15-,19-18-. The predicted octanol–water partition coefficient (Wildman–Crippen LogP) is 14.4. The van der Waals surface area contributed by atoms with Crippen LogP contribution in [0.1, 0.15) is 239 Å². The van der Waals surface area contributed by atoms with Gasteiger partial charge in [-0.25, -0.2) is 0 Å². The number of aliphatic hydroxyl groups excluding tert-OH is 1. The van der Waals surface area contributed by atoms with Crippen molar-refractivity contribution < 1.29 is 24.2 Å². The third-order valence-electron chi connectivity index (χ3n) is 12.2. The van der Waals surface area contributed by atoms with E-state index in [-0.39, 0.29) is 24.5 Å². The molecular formula is C51H95NO5. The van der Waals surface area contributed by atoms with Crippen molar-refractivity contribution in [2.75, 3.05) is 32.9 Å². The van der Waals surface area contributed by atoms with Crippen LogP contribution >= 0.6 is 0 Å². The summed E-state index contributed by atoms with van der Waals surface area (Å²) in [7, 11) is 0. The Morgan fingerprint density at radius 3 is 1.68 bits per heavy atom. The van der Waals surface area contributed by atoms with Crippen LogP contribution in [-0.2, 0) is 19.1 Å². The SMILES string of the molecule is CCCCC/C=C\C/C=C\CCCCCCCC(=O)OCC(CCCCN(CCO)C1CCCCCC1)COC(=O)CC(CCCCCC)CCCCCCCC. The van der Waals surface area contributed by atoms with Crippen LogP contribution in [-0.4, -0.2) is 60.9 Å². The molecule has 1 fully saturated rings.